The van der Waals surface area contributed by atoms with Gasteiger partial charge in [-0.25, -0.2) is 9.36 Å². The van der Waals surface area contributed by atoms with Gasteiger partial charge in [-0.05, 0) is 56.4 Å². The number of phosphoric ester groups is 1. The molecule has 0 bridgehead atoms. The maximum atomic E-state index is 13.8. The summed E-state index contributed by atoms with van der Waals surface area (Å²) in [6.07, 6.45) is -0.738. The van der Waals surface area contributed by atoms with Gasteiger partial charge < -0.3 is 68.5 Å². The van der Waals surface area contributed by atoms with Crippen LogP contribution >= 0.6 is 7.82 Å². The lowest BCUT2D eigenvalue weighted by atomic mass is 9.97. The first-order valence-electron chi connectivity index (χ1n) is 19.4. The van der Waals surface area contributed by atoms with Crippen molar-refractivity contribution in [1.29, 1.82) is 0 Å². The van der Waals surface area contributed by atoms with Crippen LogP contribution in [0.3, 0.4) is 0 Å². The normalized spacial score (nSPS) is 15.5. The van der Waals surface area contributed by atoms with Crippen LogP contribution in [-0.2, 0) is 52.2 Å². The number of carbonyl (C=O) groups is 9. The van der Waals surface area contributed by atoms with Crippen LogP contribution in [0.1, 0.15) is 92.9 Å². The second-order valence-electron chi connectivity index (χ2n) is 15.1. The third-order valence-corrected chi connectivity index (χ3v) is 9.31. The van der Waals surface area contributed by atoms with E-state index in [1.807, 2.05) is 5.32 Å². The topological polar surface area (TPSA) is 405 Å². The van der Waals surface area contributed by atoms with Gasteiger partial charge >= 0.3 is 25.7 Å². The van der Waals surface area contributed by atoms with Crippen molar-refractivity contribution in [3.63, 3.8) is 0 Å². The molecule has 6 amide bonds. The van der Waals surface area contributed by atoms with E-state index in [9.17, 15) is 67.7 Å². The zero-order valence-electron chi connectivity index (χ0n) is 34.7. The number of amides is 6. The molecule has 0 fully saturated rings. The molecule has 0 heterocycles. The van der Waals surface area contributed by atoms with Crippen molar-refractivity contribution in [3.8, 4) is 0 Å². The van der Waals surface area contributed by atoms with E-state index in [1.165, 1.54) is 6.92 Å². The summed E-state index contributed by atoms with van der Waals surface area (Å²) >= 11 is 0. The fraction of sp³-hybridized carbons (Fsp3) is 0.743. The molecule has 0 saturated carbocycles. The highest BCUT2D eigenvalue weighted by atomic mass is 31.2. The highest BCUT2D eigenvalue weighted by Gasteiger charge is 2.37. The van der Waals surface area contributed by atoms with Gasteiger partial charge in [-0.3, -0.25) is 42.9 Å². The molecule has 60 heavy (non-hydrogen) atoms. The summed E-state index contributed by atoms with van der Waals surface area (Å²) in [5, 5.41) is 41.9. The molecule has 24 nitrogen and oxygen atoms in total. The Kier molecular flexibility index (Phi) is 25.0. The summed E-state index contributed by atoms with van der Waals surface area (Å²) in [6, 6.07) is -11.1. The van der Waals surface area contributed by atoms with Crippen molar-refractivity contribution < 1.29 is 77.3 Å². The van der Waals surface area contributed by atoms with Crippen molar-refractivity contribution >= 4 is 61.2 Å². The van der Waals surface area contributed by atoms with E-state index in [2.05, 4.69) is 31.1 Å². The van der Waals surface area contributed by atoms with Gasteiger partial charge in [0, 0.05) is 0 Å². The predicted molar refractivity (Wildman–Crippen MR) is 211 cm³/mol. The number of hydrogen-bond acceptors (Lipinski definition) is 13. The van der Waals surface area contributed by atoms with Gasteiger partial charge in [0.05, 0.1) is 25.5 Å². The molecule has 0 aliphatic heterocycles. The highest BCUT2D eigenvalue weighted by Crippen LogP contribution is 2.35. The average molecular weight is 883 g/mol. The standard InChI is InChI=1S/C35H63N8O16P/c1-7-19(6)28(43-32(51)24(15-27(46)47)39-29(48)20(37)14-26(44)45)34(53)42-25(16-59-60(56,57)58)33(52)41-23(13-18(4)5)31(50)40-22(12-17(2)3)30(49)38-21(35(54)55)10-8-9-11-36/h17-25,28H,7-16,36-37H2,1-6H3,(H,38,49)(H,39,48)(H,40,50)(H,41,52)(H,42,53)(H,43,51)(H,44,45)(H,46,47)(H,54,55)(H2,56,57,58)/t19-,20-,21-,22-,23-,24-,25-,28-/m0/s1. The SMILES string of the molecule is CC[C@H](C)[C@H](NC(=O)[C@H](CC(=O)O)NC(=O)[C@@H](N)CC(=O)O)C(=O)N[C@@H](COP(=O)(O)O)C(=O)N[C@@H](CC(C)C)C(=O)N[C@@H](CC(C)C)C(=O)N[C@@H](CCCCN)C(=O)O. The molecule has 344 valence electrons. The third-order valence-electron chi connectivity index (χ3n) is 8.82. The quantitative estimate of drug-likeness (QED) is 0.0265. The zero-order valence-corrected chi connectivity index (χ0v) is 35.6. The number of phosphoric acid groups is 1. The lowest BCUT2D eigenvalue weighted by Gasteiger charge is -2.29. The molecule has 0 unspecified atom stereocenters. The number of unbranched alkanes of at least 4 members (excludes halogenated alkanes) is 1. The minimum atomic E-state index is -5.29. The monoisotopic (exact) mass is 882 g/mol. The van der Waals surface area contributed by atoms with Gasteiger partial charge in [0.15, 0.2) is 0 Å². The molecule has 8 atom stereocenters. The molecular weight excluding hydrogens is 819 g/mol. The Morgan fingerprint density at radius 3 is 1.45 bits per heavy atom. The van der Waals surface area contributed by atoms with E-state index >= 15 is 0 Å². The molecule has 0 radical (unpaired) electrons. The van der Waals surface area contributed by atoms with E-state index in [1.54, 1.807) is 34.6 Å². The summed E-state index contributed by atoms with van der Waals surface area (Å²) in [5.41, 5.74) is 11.0. The van der Waals surface area contributed by atoms with Gasteiger partial charge in [-0.15, -0.1) is 0 Å². The predicted octanol–water partition coefficient (Wildman–Crippen LogP) is -2.37. The van der Waals surface area contributed by atoms with Crippen LogP contribution in [0.25, 0.3) is 0 Å². The fourth-order valence-electron chi connectivity index (χ4n) is 5.49. The van der Waals surface area contributed by atoms with Crippen LogP contribution in [0.2, 0.25) is 0 Å². The molecule has 15 N–H and O–H groups in total. The van der Waals surface area contributed by atoms with Crippen LogP contribution in [-0.4, -0.2) is 134 Å². The van der Waals surface area contributed by atoms with E-state index in [0.29, 0.717) is 19.4 Å². The van der Waals surface area contributed by atoms with E-state index in [-0.39, 0.29) is 37.5 Å². The smallest absolute Gasteiger partial charge is 0.469 e. The molecule has 0 aromatic heterocycles. The van der Waals surface area contributed by atoms with Gasteiger partial charge in [-0.2, -0.15) is 0 Å². The Balaban J connectivity index is 6.56. The largest absolute Gasteiger partial charge is 0.481 e. The maximum absolute atomic E-state index is 13.8. The number of nitrogens with two attached hydrogens (primary N) is 2. The summed E-state index contributed by atoms with van der Waals surface area (Å²) in [7, 11) is -5.29. The maximum Gasteiger partial charge on any atom is 0.469 e. The number of carboxylic acids is 3. The zero-order chi connectivity index (χ0) is 46.5. The highest BCUT2D eigenvalue weighted by molar-refractivity contribution is 7.46. The Bertz CT molecular complexity index is 1540. The van der Waals surface area contributed by atoms with Gasteiger partial charge in [-0.1, -0.05) is 48.0 Å². The van der Waals surface area contributed by atoms with Crippen LogP contribution in [0.4, 0.5) is 0 Å². The van der Waals surface area contributed by atoms with Gasteiger partial charge in [0.2, 0.25) is 35.4 Å². The number of rotatable bonds is 30. The number of carbonyl (C=O) groups excluding carboxylic acids is 6. The number of hydrogen-bond donors (Lipinski definition) is 13. The molecular formula is C35H63N8O16P. The van der Waals surface area contributed by atoms with Crippen molar-refractivity contribution in [2.45, 2.75) is 135 Å². The lowest BCUT2D eigenvalue weighted by Crippen LogP contribution is -2.61. The van der Waals surface area contributed by atoms with Crippen molar-refractivity contribution in [1.82, 2.24) is 31.9 Å². The molecule has 0 aromatic carbocycles. The molecule has 0 aliphatic rings. The molecule has 0 saturated heterocycles. The van der Waals surface area contributed by atoms with Crippen molar-refractivity contribution in [2.75, 3.05) is 13.2 Å². The van der Waals surface area contributed by atoms with Crippen LogP contribution < -0.4 is 43.4 Å². The second kappa shape index (κ2) is 27.2. The molecule has 25 heteroatoms. The number of nitrogens with one attached hydrogen (secondary N) is 6. The minimum Gasteiger partial charge on any atom is -0.481 e. The van der Waals surface area contributed by atoms with Crippen molar-refractivity contribution in [2.24, 2.45) is 29.2 Å². The van der Waals surface area contributed by atoms with E-state index in [4.69, 9.17) is 16.6 Å². The first-order valence-corrected chi connectivity index (χ1v) is 20.9. The summed E-state index contributed by atoms with van der Waals surface area (Å²) < 4.78 is 16.2. The first-order chi connectivity index (χ1) is 27.7. The Morgan fingerprint density at radius 1 is 0.600 bits per heavy atom. The molecule has 0 spiro atoms. The summed E-state index contributed by atoms with van der Waals surface area (Å²) in [5.74, 6) is -12.0. The lowest BCUT2D eigenvalue weighted by molar-refractivity contribution is -0.142. The van der Waals surface area contributed by atoms with E-state index in [0.717, 1.165) is 0 Å². The Morgan fingerprint density at radius 2 is 1.03 bits per heavy atom. The van der Waals surface area contributed by atoms with Crippen LogP contribution in [0.5, 0.6) is 0 Å². The average Bonchev–Trinajstić information content (AvgIpc) is 3.12. The van der Waals surface area contributed by atoms with Crippen molar-refractivity contribution in [3.05, 3.63) is 0 Å². The molecule has 0 rings (SSSR count). The minimum absolute atomic E-state index is 0.0543. The summed E-state index contributed by atoms with van der Waals surface area (Å²) in [6.45, 7) is 9.11. The molecule has 0 aromatic rings. The number of carboxylic acid groups (broad SMARTS) is 3. The second-order valence-corrected chi connectivity index (χ2v) is 16.4. The van der Waals surface area contributed by atoms with Gasteiger partial charge in [0.25, 0.3) is 0 Å². The molecule has 0 aliphatic carbocycles. The van der Waals surface area contributed by atoms with Gasteiger partial charge in [0.1, 0.15) is 36.3 Å². The third kappa shape index (κ3) is 22.6. The number of aliphatic carboxylic acids is 3. The van der Waals surface area contributed by atoms with E-state index < -0.39 is 129 Å². The Labute approximate surface area is 347 Å². The first kappa shape index (κ1) is 55.3. The van der Waals surface area contributed by atoms with Crippen LogP contribution in [0, 0.1) is 17.8 Å². The Hall–Kier alpha value is -4.74. The fourth-order valence-corrected chi connectivity index (χ4v) is 5.83. The summed E-state index contributed by atoms with van der Waals surface area (Å²) in [4.78, 5) is 134. The van der Waals surface area contributed by atoms with Crippen LogP contribution in [0.15, 0.2) is 0 Å².